The third kappa shape index (κ3) is 1.92. The number of aromatic amines is 1. The molecule has 18 heavy (non-hydrogen) atoms. The van der Waals surface area contributed by atoms with Gasteiger partial charge in [-0.15, -0.1) is 0 Å². The molecule has 0 saturated carbocycles. The van der Waals surface area contributed by atoms with Gasteiger partial charge in [-0.1, -0.05) is 11.6 Å². The van der Waals surface area contributed by atoms with E-state index < -0.39 is 0 Å². The van der Waals surface area contributed by atoms with E-state index in [0.29, 0.717) is 12.2 Å². The van der Waals surface area contributed by atoms with Crippen LogP contribution in [-0.4, -0.2) is 19.7 Å². The van der Waals surface area contributed by atoms with Gasteiger partial charge in [-0.3, -0.25) is 9.09 Å². The number of hydrogen-bond donors (Lipinski definition) is 2. The number of nitrogen functional groups attached to an aromatic ring is 1. The number of imidazole rings is 1. The van der Waals surface area contributed by atoms with Crippen LogP contribution in [0.1, 0.15) is 37.0 Å². The quantitative estimate of drug-likeness (QED) is 0.813. The van der Waals surface area contributed by atoms with E-state index in [1.807, 2.05) is 0 Å². The molecule has 0 aromatic carbocycles. The first-order chi connectivity index (χ1) is 8.74. The molecule has 1 unspecified atom stereocenters. The van der Waals surface area contributed by atoms with Crippen LogP contribution in [0.3, 0.4) is 0 Å². The molecule has 96 valence electrons. The number of aryl methyl sites for hydroxylation is 1. The number of nitrogens with one attached hydrogen (secondary N) is 1. The van der Waals surface area contributed by atoms with E-state index in [-0.39, 0.29) is 11.8 Å². The Morgan fingerprint density at radius 3 is 3.22 bits per heavy atom. The molecule has 0 fully saturated rings. The summed E-state index contributed by atoms with van der Waals surface area (Å²) in [4.78, 5) is 18.9. The summed E-state index contributed by atoms with van der Waals surface area (Å²) < 4.78 is 6.41. The third-order valence-electron chi connectivity index (χ3n) is 3.33. The fourth-order valence-electron chi connectivity index (χ4n) is 2.50. The third-order valence-corrected chi connectivity index (χ3v) is 3.33. The van der Waals surface area contributed by atoms with Crippen LogP contribution in [0, 0.1) is 0 Å². The van der Waals surface area contributed by atoms with E-state index in [0.717, 1.165) is 37.3 Å². The van der Waals surface area contributed by atoms with Gasteiger partial charge < -0.3 is 10.7 Å². The van der Waals surface area contributed by atoms with Crippen molar-refractivity contribution in [2.75, 3.05) is 5.73 Å². The van der Waals surface area contributed by atoms with Crippen LogP contribution < -0.4 is 11.5 Å². The lowest BCUT2D eigenvalue weighted by atomic mass is 10.1. The highest BCUT2D eigenvalue weighted by molar-refractivity contribution is 5.24. The van der Waals surface area contributed by atoms with Crippen molar-refractivity contribution in [3.63, 3.8) is 0 Å². The SMILES string of the molecule is Nc1cnc(CC2CCCCc3noc(=O)n32)[nH]1. The molecule has 0 aliphatic carbocycles. The maximum atomic E-state index is 11.7. The number of aromatic nitrogens is 4. The van der Waals surface area contributed by atoms with Gasteiger partial charge >= 0.3 is 5.76 Å². The topological polar surface area (TPSA) is 103 Å². The molecule has 2 aromatic heterocycles. The van der Waals surface area contributed by atoms with Crippen LogP contribution in [0.5, 0.6) is 0 Å². The van der Waals surface area contributed by atoms with Crippen molar-refractivity contribution in [2.24, 2.45) is 0 Å². The normalized spacial score (nSPS) is 19.4. The largest absolute Gasteiger partial charge is 0.441 e. The van der Waals surface area contributed by atoms with E-state index in [2.05, 4.69) is 15.1 Å². The number of nitrogens with two attached hydrogens (primary N) is 1. The molecule has 0 radical (unpaired) electrons. The Morgan fingerprint density at radius 1 is 1.56 bits per heavy atom. The van der Waals surface area contributed by atoms with Crippen molar-refractivity contribution < 1.29 is 4.52 Å². The fourth-order valence-corrected chi connectivity index (χ4v) is 2.50. The monoisotopic (exact) mass is 249 g/mol. The lowest BCUT2D eigenvalue weighted by Crippen LogP contribution is -2.23. The molecule has 7 heteroatoms. The average molecular weight is 249 g/mol. The van der Waals surface area contributed by atoms with Crippen molar-refractivity contribution >= 4 is 5.82 Å². The zero-order chi connectivity index (χ0) is 12.5. The van der Waals surface area contributed by atoms with E-state index in [4.69, 9.17) is 10.3 Å². The lowest BCUT2D eigenvalue weighted by Gasteiger charge is -2.14. The fraction of sp³-hybridized carbons (Fsp3) is 0.545. The summed E-state index contributed by atoms with van der Waals surface area (Å²) in [6, 6.07) is 0.0480. The van der Waals surface area contributed by atoms with E-state index in [1.165, 1.54) is 0 Å². The van der Waals surface area contributed by atoms with Crippen LogP contribution in [0.2, 0.25) is 0 Å². The van der Waals surface area contributed by atoms with E-state index in [1.54, 1.807) is 10.8 Å². The predicted molar refractivity (Wildman–Crippen MR) is 64.1 cm³/mol. The molecule has 3 N–H and O–H groups in total. The standard InChI is InChI=1S/C11H15N5O2/c12-8-6-13-9(14-8)5-7-3-1-2-4-10-15-18-11(17)16(7)10/h6-7H,1-5,12H2,(H,13,14). The summed E-state index contributed by atoms with van der Waals surface area (Å²) in [5.74, 6) is 1.69. The number of hydrogen-bond acceptors (Lipinski definition) is 5. The molecule has 0 amide bonds. The van der Waals surface area contributed by atoms with E-state index in [9.17, 15) is 4.79 Å². The summed E-state index contributed by atoms with van der Waals surface area (Å²) in [5.41, 5.74) is 5.60. The predicted octanol–water partition coefficient (Wildman–Crippen LogP) is 0.652. The van der Waals surface area contributed by atoms with Crippen LogP contribution >= 0.6 is 0 Å². The number of nitrogens with zero attached hydrogens (tertiary/aromatic N) is 3. The zero-order valence-electron chi connectivity index (χ0n) is 9.93. The maximum absolute atomic E-state index is 11.7. The van der Waals surface area contributed by atoms with E-state index >= 15 is 0 Å². The molecule has 1 aliphatic heterocycles. The van der Waals surface area contributed by atoms with Crippen LogP contribution in [0.4, 0.5) is 5.82 Å². The van der Waals surface area contributed by atoms with Gasteiger partial charge in [0.2, 0.25) is 0 Å². The van der Waals surface area contributed by atoms with Gasteiger partial charge in [0.1, 0.15) is 11.6 Å². The number of rotatable bonds is 2. The number of fused-ring (bicyclic) bond motifs is 1. The first kappa shape index (κ1) is 11.1. The van der Waals surface area contributed by atoms with Gasteiger partial charge in [-0.05, 0) is 12.8 Å². The molecule has 0 bridgehead atoms. The van der Waals surface area contributed by atoms with Gasteiger partial charge in [-0.25, -0.2) is 9.78 Å². The van der Waals surface area contributed by atoms with Gasteiger partial charge in [0, 0.05) is 18.9 Å². The van der Waals surface area contributed by atoms with Gasteiger partial charge in [-0.2, -0.15) is 0 Å². The van der Waals surface area contributed by atoms with Crippen molar-refractivity contribution in [2.45, 2.75) is 38.1 Å². The summed E-state index contributed by atoms with van der Waals surface area (Å²) in [5, 5.41) is 3.83. The van der Waals surface area contributed by atoms with Crippen molar-refractivity contribution in [3.8, 4) is 0 Å². The summed E-state index contributed by atoms with van der Waals surface area (Å²) in [6.07, 6.45) is 6.05. The summed E-state index contributed by atoms with van der Waals surface area (Å²) in [6.45, 7) is 0. The van der Waals surface area contributed by atoms with Gasteiger partial charge in [0.25, 0.3) is 0 Å². The van der Waals surface area contributed by atoms with Crippen LogP contribution in [-0.2, 0) is 12.8 Å². The Kier molecular flexibility index (Phi) is 2.66. The Balaban J connectivity index is 1.91. The Hall–Kier alpha value is -2.05. The van der Waals surface area contributed by atoms with Crippen molar-refractivity contribution in [1.82, 2.24) is 19.7 Å². The Bertz CT molecular complexity index is 597. The highest BCUT2D eigenvalue weighted by atomic mass is 16.5. The second-order valence-electron chi connectivity index (χ2n) is 4.62. The highest BCUT2D eigenvalue weighted by Gasteiger charge is 2.24. The molecule has 3 heterocycles. The molecular weight excluding hydrogens is 234 g/mol. The van der Waals surface area contributed by atoms with Gasteiger partial charge in [0.05, 0.1) is 6.20 Å². The minimum absolute atomic E-state index is 0.0480. The van der Waals surface area contributed by atoms with Crippen molar-refractivity contribution in [1.29, 1.82) is 0 Å². The Morgan fingerprint density at radius 2 is 2.44 bits per heavy atom. The van der Waals surface area contributed by atoms with Crippen LogP contribution in [0.15, 0.2) is 15.5 Å². The zero-order valence-corrected chi connectivity index (χ0v) is 9.93. The molecule has 1 atom stereocenters. The number of anilines is 1. The lowest BCUT2D eigenvalue weighted by molar-refractivity contribution is 0.351. The molecular formula is C11H15N5O2. The Labute approximate surface area is 103 Å². The summed E-state index contributed by atoms with van der Waals surface area (Å²) >= 11 is 0. The smallest absolute Gasteiger partial charge is 0.384 e. The molecule has 3 rings (SSSR count). The molecule has 0 spiro atoms. The first-order valence-electron chi connectivity index (χ1n) is 6.10. The van der Waals surface area contributed by atoms with Gasteiger partial charge in [0.15, 0.2) is 5.82 Å². The molecule has 7 nitrogen and oxygen atoms in total. The average Bonchev–Trinajstić information content (AvgIpc) is 2.84. The maximum Gasteiger partial charge on any atom is 0.441 e. The minimum atomic E-state index is -0.378. The second kappa shape index (κ2) is 4.32. The number of H-pyrrole nitrogens is 1. The molecule has 0 saturated heterocycles. The van der Waals surface area contributed by atoms with Crippen LogP contribution in [0.25, 0.3) is 0 Å². The first-order valence-corrected chi connectivity index (χ1v) is 6.10. The summed E-state index contributed by atoms with van der Waals surface area (Å²) in [7, 11) is 0. The highest BCUT2D eigenvalue weighted by Crippen LogP contribution is 2.24. The molecule has 2 aromatic rings. The van der Waals surface area contributed by atoms with Crippen molar-refractivity contribution in [3.05, 3.63) is 28.4 Å². The molecule has 1 aliphatic rings. The minimum Gasteiger partial charge on any atom is -0.384 e. The second-order valence-corrected chi connectivity index (χ2v) is 4.62.